The Balaban J connectivity index is 1.96. The van der Waals surface area contributed by atoms with Gasteiger partial charge in [0.15, 0.2) is 0 Å². The molecule has 1 aromatic carbocycles. The van der Waals surface area contributed by atoms with Crippen LogP contribution in [0.25, 0.3) is 0 Å². The molecule has 0 unspecified atom stereocenters. The number of morpholine rings is 1. The van der Waals surface area contributed by atoms with E-state index in [-0.39, 0.29) is 11.9 Å². The van der Waals surface area contributed by atoms with Gasteiger partial charge in [0.2, 0.25) is 5.91 Å². The molecule has 1 aliphatic heterocycles. The van der Waals surface area contributed by atoms with E-state index in [2.05, 4.69) is 21.2 Å². The standard InChI is InChI=1S/C13H17BrN2O2/c1-16(8-10-4-2-3-5-11(10)14)13(17)12-9-18-7-6-15-12/h2-5,12,15H,6-9H2,1H3/t12-/m1/s1. The molecule has 98 valence electrons. The molecule has 0 aliphatic carbocycles. The highest BCUT2D eigenvalue weighted by Gasteiger charge is 2.24. The fraction of sp³-hybridized carbons (Fsp3) is 0.462. The van der Waals surface area contributed by atoms with Crippen LogP contribution in [0.1, 0.15) is 5.56 Å². The number of nitrogens with zero attached hydrogens (tertiary/aromatic N) is 1. The van der Waals surface area contributed by atoms with Crippen LogP contribution in [-0.2, 0) is 16.1 Å². The first kappa shape index (κ1) is 13.5. The number of nitrogens with one attached hydrogen (secondary N) is 1. The van der Waals surface area contributed by atoms with E-state index in [1.807, 2.05) is 31.3 Å². The number of hydrogen-bond acceptors (Lipinski definition) is 3. The van der Waals surface area contributed by atoms with E-state index in [9.17, 15) is 4.79 Å². The minimum atomic E-state index is -0.216. The Bertz CT molecular complexity index is 419. The van der Waals surface area contributed by atoms with Gasteiger partial charge >= 0.3 is 0 Å². The van der Waals surface area contributed by atoms with Crippen LogP contribution in [0.15, 0.2) is 28.7 Å². The van der Waals surface area contributed by atoms with E-state index in [1.54, 1.807) is 4.90 Å². The highest BCUT2D eigenvalue weighted by atomic mass is 79.9. The van der Waals surface area contributed by atoms with Crippen LogP contribution in [0.5, 0.6) is 0 Å². The minimum absolute atomic E-state index is 0.0745. The van der Waals surface area contributed by atoms with Crippen molar-refractivity contribution in [1.82, 2.24) is 10.2 Å². The molecule has 2 rings (SSSR count). The molecule has 0 radical (unpaired) electrons. The molecule has 1 N–H and O–H groups in total. The Morgan fingerprint density at radius 3 is 3.00 bits per heavy atom. The lowest BCUT2D eigenvalue weighted by Gasteiger charge is -2.27. The number of amides is 1. The lowest BCUT2D eigenvalue weighted by molar-refractivity contribution is -0.135. The van der Waals surface area contributed by atoms with E-state index < -0.39 is 0 Å². The van der Waals surface area contributed by atoms with Gasteiger partial charge in [0.05, 0.1) is 13.2 Å². The van der Waals surface area contributed by atoms with Gasteiger partial charge in [-0.05, 0) is 11.6 Å². The molecular weight excluding hydrogens is 296 g/mol. The van der Waals surface area contributed by atoms with Gasteiger partial charge in [0.25, 0.3) is 0 Å². The summed E-state index contributed by atoms with van der Waals surface area (Å²) in [4.78, 5) is 13.9. The van der Waals surface area contributed by atoms with Crippen LogP contribution in [0.2, 0.25) is 0 Å². The lowest BCUT2D eigenvalue weighted by atomic mass is 10.2. The second-order valence-electron chi connectivity index (χ2n) is 4.37. The number of carbonyl (C=O) groups excluding carboxylic acids is 1. The first-order valence-corrected chi connectivity index (χ1v) is 6.77. The first-order valence-electron chi connectivity index (χ1n) is 5.98. The van der Waals surface area contributed by atoms with Crippen LogP contribution in [0.3, 0.4) is 0 Å². The average molecular weight is 313 g/mol. The topological polar surface area (TPSA) is 41.6 Å². The molecule has 0 spiro atoms. The number of rotatable bonds is 3. The quantitative estimate of drug-likeness (QED) is 0.917. The van der Waals surface area contributed by atoms with E-state index in [0.717, 1.165) is 16.6 Å². The fourth-order valence-corrected chi connectivity index (χ4v) is 2.36. The van der Waals surface area contributed by atoms with Gasteiger partial charge in [-0.2, -0.15) is 0 Å². The summed E-state index contributed by atoms with van der Waals surface area (Å²) in [6.45, 7) is 2.47. The third-order valence-electron chi connectivity index (χ3n) is 2.96. The molecule has 4 nitrogen and oxygen atoms in total. The molecule has 1 fully saturated rings. The monoisotopic (exact) mass is 312 g/mol. The predicted octanol–water partition coefficient (Wildman–Crippen LogP) is 1.40. The van der Waals surface area contributed by atoms with Crippen LogP contribution < -0.4 is 5.32 Å². The van der Waals surface area contributed by atoms with Crippen molar-refractivity contribution in [3.8, 4) is 0 Å². The van der Waals surface area contributed by atoms with Crippen molar-refractivity contribution in [1.29, 1.82) is 0 Å². The van der Waals surface area contributed by atoms with Gasteiger partial charge in [-0.15, -0.1) is 0 Å². The van der Waals surface area contributed by atoms with Gasteiger partial charge < -0.3 is 15.0 Å². The molecular formula is C13H17BrN2O2. The number of likely N-dealkylation sites (N-methyl/N-ethyl adjacent to an activating group) is 1. The molecule has 18 heavy (non-hydrogen) atoms. The molecule has 0 bridgehead atoms. The van der Waals surface area contributed by atoms with Crippen molar-refractivity contribution in [2.75, 3.05) is 26.8 Å². The minimum Gasteiger partial charge on any atom is -0.378 e. The molecule has 1 heterocycles. The maximum absolute atomic E-state index is 12.2. The second-order valence-corrected chi connectivity index (χ2v) is 5.22. The molecule has 0 saturated carbocycles. The van der Waals surface area contributed by atoms with Crippen LogP contribution in [0.4, 0.5) is 0 Å². The third-order valence-corrected chi connectivity index (χ3v) is 3.73. The largest absolute Gasteiger partial charge is 0.378 e. The van der Waals surface area contributed by atoms with E-state index in [0.29, 0.717) is 19.8 Å². The third kappa shape index (κ3) is 3.31. The summed E-state index contributed by atoms with van der Waals surface area (Å²) in [6.07, 6.45) is 0. The molecule has 1 saturated heterocycles. The summed E-state index contributed by atoms with van der Waals surface area (Å²) in [5.41, 5.74) is 1.10. The van der Waals surface area contributed by atoms with Crippen LogP contribution in [0, 0.1) is 0 Å². The molecule has 1 atom stereocenters. The van der Waals surface area contributed by atoms with Crippen molar-refractivity contribution in [3.63, 3.8) is 0 Å². The molecule has 1 aromatic rings. The van der Waals surface area contributed by atoms with Crippen molar-refractivity contribution < 1.29 is 9.53 Å². The van der Waals surface area contributed by atoms with Crippen molar-refractivity contribution in [2.45, 2.75) is 12.6 Å². The number of carbonyl (C=O) groups is 1. The van der Waals surface area contributed by atoms with Gasteiger partial charge in [-0.1, -0.05) is 34.1 Å². The van der Waals surface area contributed by atoms with Gasteiger partial charge in [0, 0.05) is 24.6 Å². The zero-order chi connectivity index (χ0) is 13.0. The highest BCUT2D eigenvalue weighted by Crippen LogP contribution is 2.17. The smallest absolute Gasteiger partial charge is 0.242 e. The zero-order valence-electron chi connectivity index (χ0n) is 10.4. The zero-order valence-corrected chi connectivity index (χ0v) is 11.9. The highest BCUT2D eigenvalue weighted by molar-refractivity contribution is 9.10. The number of ether oxygens (including phenoxy) is 1. The van der Waals surface area contributed by atoms with Crippen molar-refractivity contribution in [2.24, 2.45) is 0 Å². The Hall–Kier alpha value is -0.910. The van der Waals surface area contributed by atoms with E-state index in [4.69, 9.17) is 4.74 Å². The second kappa shape index (κ2) is 6.31. The Labute approximate surface area is 115 Å². The van der Waals surface area contributed by atoms with Crippen LogP contribution >= 0.6 is 15.9 Å². The van der Waals surface area contributed by atoms with Crippen molar-refractivity contribution in [3.05, 3.63) is 34.3 Å². The first-order chi connectivity index (χ1) is 8.68. The Morgan fingerprint density at radius 2 is 2.33 bits per heavy atom. The van der Waals surface area contributed by atoms with E-state index >= 15 is 0 Å². The van der Waals surface area contributed by atoms with Gasteiger partial charge in [-0.25, -0.2) is 0 Å². The van der Waals surface area contributed by atoms with Gasteiger partial charge in [-0.3, -0.25) is 4.79 Å². The SMILES string of the molecule is CN(Cc1ccccc1Br)C(=O)[C@H]1COCCN1. The summed E-state index contributed by atoms with van der Waals surface area (Å²) < 4.78 is 6.33. The average Bonchev–Trinajstić information content (AvgIpc) is 2.41. The summed E-state index contributed by atoms with van der Waals surface area (Å²) in [7, 11) is 1.82. The number of halogens is 1. The molecule has 1 amide bonds. The normalized spacial score (nSPS) is 19.6. The lowest BCUT2D eigenvalue weighted by Crippen LogP contribution is -2.51. The number of benzene rings is 1. The Kier molecular flexibility index (Phi) is 4.74. The van der Waals surface area contributed by atoms with E-state index in [1.165, 1.54) is 0 Å². The summed E-state index contributed by atoms with van der Waals surface area (Å²) in [5, 5.41) is 3.17. The van der Waals surface area contributed by atoms with Crippen molar-refractivity contribution >= 4 is 21.8 Å². The predicted molar refractivity (Wildman–Crippen MR) is 73.2 cm³/mol. The summed E-state index contributed by atoms with van der Waals surface area (Å²) >= 11 is 3.49. The number of hydrogen-bond donors (Lipinski definition) is 1. The maximum Gasteiger partial charge on any atom is 0.242 e. The summed E-state index contributed by atoms with van der Waals surface area (Å²) in [5.74, 6) is 0.0745. The summed E-state index contributed by atoms with van der Waals surface area (Å²) in [6, 6.07) is 7.71. The van der Waals surface area contributed by atoms with Gasteiger partial charge in [0.1, 0.15) is 6.04 Å². The molecule has 5 heteroatoms. The fourth-order valence-electron chi connectivity index (χ4n) is 1.95. The molecule has 0 aromatic heterocycles. The Morgan fingerprint density at radius 1 is 1.56 bits per heavy atom. The molecule has 1 aliphatic rings. The maximum atomic E-state index is 12.2. The van der Waals surface area contributed by atoms with Crippen LogP contribution in [-0.4, -0.2) is 43.7 Å².